The van der Waals surface area contributed by atoms with Gasteiger partial charge in [-0.1, -0.05) is 24.6 Å². The molecule has 0 aromatic heterocycles. The standard InChI is InChI=1S/C15H11ClF4O5S2/c1-2-26(21,22)10-4-5-11(13(16)8-10)12-7-9(3-6-14(12)17)25-27(23,24)15(18,19)20/h3-8H,2H2,1H3. The molecule has 0 unspecified atom stereocenters. The van der Waals surface area contributed by atoms with Crippen molar-refractivity contribution in [2.75, 3.05) is 5.75 Å². The topological polar surface area (TPSA) is 77.5 Å². The number of rotatable bonds is 5. The van der Waals surface area contributed by atoms with E-state index >= 15 is 0 Å². The number of sulfone groups is 1. The molecule has 0 saturated heterocycles. The van der Waals surface area contributed by atoms with Gasteiger partial charge in [0.05, 0.1) is 10.6 Å². The fourth-order valence-electron chi connectivity index (χ4n) is 2.01. The van der Waals surface area contributed by atoms with Crippen LogP contribution in [-0.2, 0) is 20.0 Å². The summed E-state index contributed by atoms with van der Waals surface area (Å²) in [6, 6.07) is 5.49. The lowest BCUT2D eigenvalue weighted by Gasteiger charge is -2.12. The molecule has 0 saturated carbocycles. The molecule has 5 nitrogen and oxygen atoms in total. The quantitative estimate of drug-likeness (QED) is 0.391. The molecule has 0 aliphatic carbocycles. The van der Waals surface area contributed by atoms with Gasteiger partial charge in [0.1, 0.15) is 11.6 Å². The van der Waals surface area contributed by atoms with Crippen LogP contribution in [-0.4, -0.2) is 28.1 Å². The summed E-state index contributed by atoms with van der Waals surface area (Å²) in [4.78, 5) is -0.119. The molecular weight excluding hydrogens is 436 g/mol. The van der Waals surface area contributed by atoms with E-state index in [9.17, 15) is 34.4 Å². The maximum Gasteiger partial charge on any atom is 0.534 e. The zero-order chi connectivity index (χ0) is 20.6. The van der Waals surface area contributed by atoms with Crippen molar-refractivity contribution < 1.29 is 38.6 Å². The molecule has 148 valence electrons. The average molecular weight is 447 g/mol. The molecule has 0 aliphatic rings. The van der Waals surface area contributed by atoms with Crippen LogP contribution in [0.1, 0.15) is 6.92 Å². The SMILES string of the molecule is CCS(=O)(=O)c1ccc(-c2cc(OS(=O)(=O)C(F)(F)F)ccc2F)c(Cl)c1. The first-order chi connectivity index (χ1) is 12.3. The van der Waals surface area contributed by atoms with E-state index in [1.54, 1.807) is 0 Å². The van der Waals surface area contributed by atoms with E-state index in [-0.39, 0.29) is 26.8 Å². The maximum atomic E-state index is 14.1. The molecule has 2 rings (SSSR count). The van der Waals surface area contributed by atoms with Crippen molar-refractivity contribution in [1.29, 1.82) is 0 Å². The van der Waals surface area contributed by atoms with Crippen molar-refractivity contribution in [3.63, 3.8) is 0 Å². The van der Waals surface area contributed by atoms with Crippen molar-refractivity contribution in [1.82, 2.24) is 0 Å². The van der Waals surface area contributed by atoms with Crippen LogP contribution >= 0.6 is 11.6 Å². The van der Waals surface area contributed by atoms with Gasteiger partial charge in [-0.25, -0.2) is 12.8 Å². The molecule has 27 heavy (non-hydrogen) atoms. The summed E-state index contributed by atoms with van der Waals surface area (Å²) >= 11 is 5.99. The van der Waals surface area contributed by atoms with Gasteiger partial charge < -0.3 is 4.18 Å². The molecule has 0 aliphatic heterocycles. The highest BCUT2D eigenvalue weighted by Gasteiger charge is 2.48. The molecule has 0 spiro atoms. The summed E-state index contributed by atoms with van der Waals surface area (Å²) < 4.78 is 101. The van der Waals surface area contributed by atoms with Gasteiger partial charge in [0.25, 0.3) is 0 Å². The van der Waals surface area contributed by atoms with Crippen molar-refractivity contribution >= 4 is 31.6 Å². The lowest BCUT2D eigenvalue weighted by molar-refractivity contribution is -0.0500. The summed E-state index contributed by atoms with van der Waals surface area (Å²) in [7, 11) is -9.52. The molecule has 12 heteroatoms. The van der Waals surface area contributed by atoms with Gasteiger partial charge in [-0.3, -0.25) is 0 Å². The highest BCUT2D eigenvalue weighted by molar-refractivity contribution is 7.91. The minimum absolute atomic E-state index is 0.0564. The molecule has 0 fully saturated rings. The van der Waals surface area contributed by atoms with E-state index in [0.717, 1.165) is 18.2 Å². The predicted octanol–water partition coefficient (Wildman–Crippen LogP) is 4.17. The van der Waals surface area contributed by atoms with Gasteiger partial charge in [-0.15, -0.1) is 0 Å². The first-order valence-electron chi connectivity index (χ1n) is 7.11. The summed E-state index contributed by atoms with van der Waals surface area (Å²) in [5.74, 6) is -1.92. The normalized spacial score (nSPS) is 12.8. The van der Waals surface area contributed by atoms with E-state index < -0.39 is 37.0 Å². The van der Waals surface area contributed by atoms with E-state index in [0.29, 0.717) is 18.2 Å². The largest absolute Gasteiger partial charge is 0.534 e. The molecule has 0 atom stereocenters. The molecule has 2 aromatic carbocycles. The third-order valence-corrected chi connectivity index (χ3v) is 6.42. The number of hydrogen-bond donors (Lipinski definition) is 0. The fourth-order valence-corrected chi connectivity index (χ4v) is 3.72. The third-order valence-electron chi connectivity index (χ3n) is 3.40. The van der Waals surface area contributed by atoms with Crippen molar-refractivity contribution in [3.05, 3.63) is 47.2 Å². The van der Waals surface area contributed by atoms with Crippen LogP contribution in [0.25, 0.3) is 11.1 Å². The van der Waals surface area contributed by atoms with E-state index in [1.807, 2.05) is 0 Å². The second-order valence-corrected chi connectivity index (χ2v) is 9.39. The number of alkyl halides is 3. The molecule has 0 N–H and O–H groups in total. The van der Waals surface area contributed by atoms with Crippen molar-refractivity contribution in [3.8, 4) is 16.9 Å². The Bertz CT molecular complexity index is 1080. The van der Waals surface area contributed by atoms with Crippen LogP contribution in [0.4, 0.5) is 17.6 Å². The molecule has 0 amide bonds. The Morgan fingerprint density at radius 3 is 2.15 bits per heavy atom. The number of halogens is 5. The van der Waals surface area contributed by atoms with Crippen molar-refractivity contribution in [2.24, 2.45) is 0 Å². The zero-order valence-electron chi connectivity index (χ0n) is 13.4. The lowest BCUT2D eigenvalue weighted by atomic mass is 10.0. The molecule has 0 radical (unpaired) electrons. The predicted molar refractivity (Wildman–Crippen MR) is 90.2 cm³/mol. The van der Waals surface area contributed by atoms with Crippen molar-refractivity contribution in [2.45, 2.75) is 17.3 Å². The first-order valence-corrected chi connectivity index (χ1v) is 10.6. The van der Waals surface area contributed by atoms with Crippen LogP contribution in [0.5, 0.6) is 5.75 Å². The van der Waals surface area contributed by atoms with Gasteiger partial charge in [0.15, 0.2) is 9.84 Å². The van der Waals surface area contributed by atoms with Crippen LogP contribution in [0.15, 0.2) is 41.3 Å². The smallest absolute Gasteiger partial charge is 0.376 e. The van der Waals surface area contributed by atoms with Gasteiger partial charge in [0, 0.05) is 16.1 Å². The Kier molecular flexibility index (Phi) is 5.79. The number of benzene rings is 2. The Morgan fingerprint density at radius 1 is 1.00 bits per heavy atom. The second kappa shape index (κ2) is 7.28. The first kappa shape index (κ1) is 21.5. The van der Waals surface area contributed by atoms with E-state index in [1.165, 1.54) is 6.92 Å². The van der Waals surface area contributed by atoms with Crippen LogP contribution < -0.4 is 4.18 Å². The lowest BCUT2D eigenvalue weighted by Crippen LogP contribution is -2.28. The Hall–Kier alpha value is -1.85. The maximum absolute atomic E-state index is 14.1. The minimum atomic E-state index is -5.94. The highest BCUT2D eigenvalue weighted by atomic mass is 35.5. The highest BCUT2D eigenvalue weighted by Crippen LogP contribution is 2.35. The van der Waals surface area contributed by atoms with Gasteiger partial charge in [-0.2, -0.15) is 21.6 Å². The fraction of sp³-hybridized carbons (Fsp3) is 0.200. The van der Waals surface area contributed by atoms with Crippen LogP contribution in [0.3, 0.4) is 0 Å². The van der Waals surface area contributed by atoms with Crippen LogP contribution in [0, 0.1) is 5.82 Å². The van der Waals surface area contributed by atoms with Crippen LogP contribution in [0.2, 0.25) is 5.02 Å². The summed E-state index contributed by atoms with van der Waals surface area (Å²) in [6.07, 6.45) is 0. The Morgan fingerprint density at radius 2 is 1.63 bits per heavy atom. The Balaban J connectivity index is 2.52. The number of hydrogen-bond acceptors (Lipinski definition) is 5. The summed E-state index contributed by atoms with van der Waals surface area (Å²) in [5.41, 5.74) is -6.08. The summed E-state index contributed by atoms with van der Waals surface area (Å²) in [5, 5.41) is -0.195. The molecular formula is C15H11ClF4O5S2. The zero-order valence-corrected chi connectivity index (χ0v) is 15.8. The second-order valence-electron chi connectivity index (χ2n) is 5.17. The molecule has 2 aromatic rings. The Labute approximate surface area is 157 Å². The third kappa shape index (κ3) is 4.53. The van der Waals surface area contributed by atoms with E-state index in [2.05, 4.69) is 4.18 Å². The van der Waals surface area contributed by atoms with Gasteiger partial charge in [-0.05, 0) is 30.3 Å². The molecule has 0 bridgehead atoms. The monoisotopic (exact) mass is 446 g/mol. The van der Waals surface area contributed by atoms with E-state index in [4.69, 9.17) is 11.6 Å². The molecule has 0 heterocycles. The summed E-state index contributed by atoms with van der Waals surface area (Å²) in [6.45, 7) is 1.42. The van der Waals surface area contributed by atoms with Gasteiger partial charge >= 0.3 is 15.6 Å². The minimum Gasteiger partial charge on any atom is -0.376 e. The average Bonchev–Trinajstić information content (AvgIpc) is 2.55. The van der Waals surface area contributed by atoms with Gasteiger partial charge in [0.2, 0.25) is 0 Å².